The SMILES string of the molecule is O=C(Nc1ccc2ncccc2c1)c1cccc(CCl)c1. The predicted octanol–water partition coefficient (Wildman–Crippen LogP) is 4.23. The molecule has 3 aromatic rings. The highest BCUT2D eigenvalue weighted by Gasteiger charge is 2.07. The number of fused-ring (bicyclic) bond motifs is 1. The number of halogens is 1. The van der Waals surface area contributed by atoms with E-state index >= 15 is 0 Å². The summed E-state index contributed by atoms with van der Waals surface area (Å²) in [5.74, 6) is 0.244. The molecule has 0 aliphatic carbocycles. The number of alkyl halides is 1. The van der Waals surface area contributed by atoms with Crippen LogP contribution in [0.4, 0.5) is 5.69 Å². The van der Waals surface area contributed by atoms with Gasteiger partial charge in [0.05, 0.1) is 5.52 Å². The van der Waals surface area contributed by atoms with Crippen molar-refractivity contribution in [1.82, 2.24) is 4.98 Å². The number of pyridine rings is 1. The Labute approximate surface area is 127 Å². The number of anilines is 1. The molecule has 0 saturated heterocycles. The van der Waals surface area contributed by atoms with Crippen molar-refractivity contribution in [3.05, 3.63) is 71.9 Å². The zero-order chi connectivity index (χ0) is 14.7. The van der Waals surface area contributed by atoms with Crippen molar-refractivity contribution in [2.45, 2.75) is 5.88 Å². The highest BCUT2D eigenvalue weighted by Crippen LogP contribution is 2.18. The minimum absolute atomic E-state index is 0.148. The third-order valence-electron chi connectivity index (χ3n) is 3.20. The van der Waals surface area contributed by atoms with E-state index in [-0.39, 0.29) is 5.91 Å². The van der Waals surface area contributed by atoms with E-state index in [1.807, 2.05) is 42.5 Å². The number of nitrogens with one attached hydrogen (secondary N) is 1. The minimum Gasteiger partial charge on any atom is -0.322 e. The van der Waals surface area contributed by atoms with E-state index < -0.39 is 0 Å². The van der Waals surface area contributed by atoms with Crippen LogP contribution in [0.25, 0.3) is 10.9 Å². The van der Waals surface area contributed by atoms with Gasteiger partial charge in [0.15, 0.2) is 0 Å². The molecule has 4 heteroatoms. The van der Waals surface area contributed by atoms with Gasteiger partial charge in [0.25, 0.3) is 5.91 Å². The first-order chi connectivity index (χ1) is 10.3. The normalized spacial score (nSPS) is 10.5. The summed E-state index contributed by atoms with van der Waals surface area (Å²) in [7, 11) is 0. The van der Waals surface area contributed by atoms with E-state index in [4.69, 9.17) is 11.6 Å². The first-order valence-corrected chi connectivity index (χ1v) is 7.11. The molecule has 2 aromatic carbocycles. The molecule has 0 spiro atoms. The number of rotatable bonds is 3. The maximum Gasteiger partial charge on any atom is 0.255 e. The summed E-state index contributed by atoms with van der Waals surface area (Å²) in [4.78, 5) is 16.5. The van der Waals surface area contributed by atoms with Crippen LogP contribution in [-0.2, 0) is 5.88 Å². The van der Waals surface area contributed by atoms with Gasteiger partial charge in [0.2, 0.25) is 0 Å². The van der Waals surface area contributed by atoms with Crippen LogP contribution in [0.3, 0.4) is 0 Å². The molecular weight excluding hydrogens is 284 g/mol. The monoisotopic (exact) mass is 296 g/mol. The van der Waals surface area contributed by atoms with Crippen LogP contribution in [0.5, 0.6) is 0 Å². The minimum atomic E-state index is -0.148. The van der Waals surface area contributed by atoms with Crippen LogP contribution in [0.2, 0.25) is 0 Å². The van der Waals surface area contributed by atoms with Gasteiger partial charge in [-0.2, -0.15) is 0 Å². The fourth-order valence-electron chi connectivity index (χ4n) is 2.15. The van der Waals surface area contributed by atoms with Gasteiger partial charge >= 0.3 is 0 Å². The van der Waals surface area contributed by atoms with E-state index in [0.717, 1.165) is 22.2 Å². The number of nitrogens with zero attached hydrogens (tertiary/aromatic N) is 1. The second-order valence-corrected chi connectivity index (χ2v) is 4.97. The second kappa shape index (κ2) is 5.94. The van der Waals surface area contributed by atoms with Crippen LogP contribution >= 0.6 is 11.6 Å². The quantitative estimate of drug-likeness (QED) is 0.735. The summed E-state index contributed by atoms with van der Waals surface area (Å²) in [5.41, 5.74) is 3.17. The first-order valence-electron chi connectivity index (χ1n) is 6.57. The smallest absolute Gasteiger partial charge is 0.255 e. The van der Waals surface area contributed by atoms with Crippen LogP contribution in [0.1, 0.15) is 15.9 Å². The molecule has 1 heterocycles. The Morgan fingerprint density at radius 2 is 2.00 bits per heavy atom. The number of benzene rings is 2. The van der Waals surface area contributed by atoms with Gasteiger partial charge in [-0.25, -0.2) is 0 Å². The lowest BCUT2D eigenvalue weighted by molar-refractivity contribution is 0.102. The van der Waals surface area contributed by atoms with Crippen molar-refractivity contribution in [2.75, 3.05) is 5.32 Å². The molecule has 1 aromatic heterocycles. The molecule has 0 radical (unpaired) electrons. The van der Waals surface area contributed by atoms with Crippen LogP contribution in [0, 0.1) is 0 Å². The van der Waals surface area contributed by atoms with Crippen molar-refractivity contribution in [1.29, 1.82) is 0 Å². The number of amides is 1. The van der Waals surface area contributed by atoms with Gasteiger partial charge in [-0.3, -0.25) is 9.78 Å². The van der Waals surface area contributed by atoms with E-state index in [9.17, 15) is 4.79 Å². The largest absolute Gasteiger partial charge is 0.322 e. The Balaban J connectivity index is 1.85. The highest BCUT2D eigenvalue weighted by molar-refractivity contribution is 6.17. The lowest BCUT2D eigenvalue weighted by Gasteiger charge is -2.07. The third-order valence-corrected chi connectivity index (χ3v) is 3.51. The molecule has 3 rings (SSSR count). The number of carbonyl (C=O) groups is 1. The number of carbonyl (C=O) groups excluding carboxylic acids is 1. The zero-order valence-corrected chi connectivity index (χ0v) is 12.0. The molecule has 1 amide bonds. The van der Waals surface area contributed by atoms with Gasteiger partial charge in [-0.15, -0.1) is 11.6 Å². The predicted molar refractivity (Wildman–Crippen MR) is 85.7 cm³/mol. The number of hydrogen-bond acceptors (Lipinski definition) is 2. The van der Waals surface area contributed by atoms with Crippen molar-refractivity contribution in [2.24, 2.45) is 0 Å². The Morgan fingerprint density at radius 3 is 2.86 bits per heavy atom. The average molecular weight is 297 g/mol. The van der Waals surface area contributed by atoms with E-state index in [0.29, 0.717) is 11.4 Å². The maximum atomic E-state index is 12.2. The summed E-state index contributed by atoms with van der Waals surface area (Å²) in [6.45, 7) is 0. The van der Waals surface area contributed by atoms with E-state index in [2.05, 4.69) is 10.3 Å². The van der Waals surface area contributed by atoms with Gasteiger partial charge in [0, 0.05) is 28.7 Å². The van der Waals surface area contributed by atoms with Crippen LogP contribution < -0.4 is 5.32 Å². The Bertz CT molecular complexity index is 801. The fourth-order valence-corrected chi connectivity index (χ4v) is 2.32. The third kappa shape index (κ3) is 3.03. The molecular formula is C17H13ClN2O. The molecule has 0 fully saturated rings. The summed E-state index contributed by atoms with van der Waals surface area (Å²) in [6, 6.07) is 16.8. The standard InChI is InChI=1S/C17H13ClN2O/c18-11-12-3-1-4-14(9-12)17(21)20-15-6-7-16-13(10-15)5-2-8-19-16/h1-10H,11H2,(H,20,21). The van der Waals surface area contributed by atoms with Crippen molar-refractivity contribution < 1.29 is 4.79 Å². The Hall–Kier alpha value is -2.39. The first kappa shape index (κ1) is 13.6. The molecule has 3 nitrogen and oxygen atoms in total. The highest BCUT2D eigenvalue weighted by atomic mass is 35.5. The van der Waals surface area contributed by atoms with Crippen molar-refractivity contribution in [3.8, 4) is 0 Å². The molecule has 0 bridgehead atoms. The molecule has 1 N–H and O–H groups in total. The molecule has 104 valence electrons. The Morgan fingerprint density at radius 1 is 1.10 bits per heavy atom. The van der Waals surface area contributed by atoms with Crippen molar-refractivity contribution >= 4 is 34.1 Å². The molecule has 0 atom stereocenters. The lowest BCUT2D eigenvalue weighted by Crippen LogP contribution is -2.12. The Kier molecular flexibility index (Phi) is 3.84. The summed E-state index contributed by atoms with van der Waals surface area (Å²) < 4.78 is 0. The maximum absolute atomic E-state index is 12.2. The molecule has 0 unspecified atom stereocenters. The molecule has 0 aliphatic heterocycles. The lowest BCUT2D eigenvalue weighted by atomic mass is 10.1. The summed E-state index contributed by atoms with van der Waals surface area (Å²) in [5, 5.41) is 3.88. The van der Waals surface area contributed by atoms with E-state index in [1.165, 1.54) is 0 Å². The van der Waals surface area contributed by atoms with E-state index in [1.54, 1.807) is 18.3 Å². The second-order valence-electron chi connectivity index (χ2n) is 4.70. The van der Waals surface area contributed by atoms with Gasteiger partial charge < -0.3 is 5.32 Å². The van der Waals surface area contributed by atoms with Crippen molar-refractivity contribution in [3.63, 3.8) is 0 Å². The van der Waals surface area contributed by atoms with Crippen LogP contribution in [-0.4, -0.2) is 10.9 Å². The van der Waals surface area contributed by atoms with Gasteiger partial charge in [-0.05, 0) is 42.0 Å². The summed E-state index contributed by atoms with van der Waals surface area (Å²) in [6.07, 6.45) is 1.75. The number of hydrogen-bond donors (Lipinski definition) is 1. The molecule has 0 aliphatic rings. The van der Waals surface area contributed by atoms with Crippen LogP contribution in [0.15, 0.2) is 60.8 Å². The average Bonchev–Trinajstić information content (AvgIpc) is 2.54. The van der Waals surface area contributed by atoms with Gasteiger partial charge in [-0.1, -0.05) is 18.2 Å². The van der Waals surface area contributed by atoms with Gasteiger partial charge in [0.1, 0.15) is 0 Å². The topological polar surface area (TPSA) is 42.0 Å². The summed E-state index contributed by atoms with van der Waals surface area (Å²) >= 11 is 5.79. The zero-order valence-electron chi connectivity index (χ0n) is 11.2. The molecule has 21 heavy (non-hydrogen) atoms. The fraction of sp³-hybridized carbons (Fsp3) is 0.0588. The molecule has 0 saturated carbocycles. The number of aromatic nitrogens is 1.